The van der Waals surface area contributed by atoms with E-state index in [0.29, 0.717) is 35.7 Å². The zero-order chi connectivity index (χ0) is 30.3. The Morgan fingerprint density at radius 1 is 0.909 bits per heavy atom. The second-order valence-corrected chi connectivity index (χ2v) is 10.6. The highest BCUT2D eigenvalue weighted by atomic mass is 16.5. The molecular formula is C34H34N6O4. The van der Waals surface area contributed by atoms with Gasteiger partial charge in [0.1, 0.15) is 23.9 Å². The molecule has 10 nitrogen and oxygen atoms in total. The number of nitrogens with one attached hydrogen (secondary N) is 1. The van der Waals surface area contributed by atoms with Crippen LogP contribution in [0.2, 0.25) is 0 Å². The standard InChI is InChI=1S/C34H34N6O4/c1-43-29-17-11-25(12-18-29)23-39(32(41)24-40-31-10-6-5-9-30(31)36-37-40)33(26-7-3-2-4-8-26)34(42)35-27-13-15-28(16-14-27)38-19-21-44-22-20-38/h2-18,33H,19-24H2,1H3,(H,35,42). The van der Waals surface area contributed by atoms with Gasteiger partial charge < -0.3 is 24.6 Å². The molecule has 0 spiro atoms. The van der Waals surface area contributed by atoms with E-state index in [1.54, 1.807) is 16.7 Å². The molecule has 2 amide bonds. The van der Waals surface area contributed by atoms with Crippen molar-refractivity contribution < 1.29 is 19.1 Å². The van der Waals surface area contributed by atoms with Crippen molar-refractivity contribution in [2.45, 2.75) is 19.1 Å². The first kappa shape index (κ1) is 28.9. The smallest absolute Gasteiger partial charge is 0.251 e. The molecule has 4 aromatic carbocycles. The fourth-order valence-electron chi connectivity index (χ4n) is 5.40. The molecule has 0 aliphatic carbocycles. The number of aromatic nitrogens is 3. The molecule has 1 atom stereocenters. The first-order valence-electron chi connectivity index (χ1n) is 14.6. The minimum Gasteiger partial charge on any atom is -0.497 e. The maximum atomic E-state index is 14.2. The summed E-state index contributed by atoms with van der Waals surface area (Å²) in [6.45, 7) is 3.15. The molecule has 6 rings (SSSR count). The van der Waals surface area contributed by atoms with Crippen LogP contribution in [0.5, 0.6) is 5.75 Å². The number of para-hydroxylation sites is 1. The second-order valence-electron chi connectivity index (χ2n) is 10.6. The lowest BCUT2D eigenvalue weighted by Crippen LogP contribution is -2.42. The van der Waals surface area contributed by atoms with E-state index >= 15 is 0 Å². The summed E-state index contributed by atoms with van der Waals surface area (Å²) in [5.74, 6) is 0.113. The zero-order valence-electron chi connectivity index (χ0n) is 24.5. The Balaban J connectivity index is 1.32. The number of amides is 2. The van der Waals surface area contributed by atoms with Gasteiger partial charge in [0.05, 0.1) is 25.8 Å². The first-order chi connectivity index (χ1) is 21.6. The molecule has 0 saturated carbocycles. The molecular weight excluding hydrogens is 556 g/mol. The molecule has 1 aromatic heterocycles. The summed E-state index contributed by atoms with van der Waals surface area (Å²) in [5.41, 5.74) is 4.70. The molecule has 1 unspecified atom stereocenters. The lowest BCUT2D eigenvalue weighted by molar-refractivity contribution is -0.140. The number of methoxy groups -OCH3 is 1. The number of carbonyl (C=O) groups is 2. The van der Waals surface area contributed by atoms with Crippen LogP contribution in [0.1, 0.15) is 17.2 Å². The normalized spacial score (nSPS) is 13.8. The van der Waals surface area contributed by atoms with Gasteiger partial charge in [0, 0.05) is 31.0 Å². The minimum atomic E-state index is -0.917. The summed E-state index contributed by atoms with van der Waals surface area (Å²) in [7, 11) is 1.61. The van der Waals surface area contributed by atoms with E-state index in [1.807, 2.05) is 103 Å². The van der Waals surface area contributed by atoms with Gasteiger partial charge in [0.2, 0.25) is 5.91 Å². The van der Waals surface area contributed by atoms with Gasteiger partial charge in [0.25, 0.3) is 5.91 Å². The Hall–Kier alpha value is -5.22. The Labute approximate surface area is 255 Å². The number of nitrogens with zero attached hydrogens (tertiary/aromatic N) is 5. The van der Waals surface area contributed by atoms with Crippen LogP contribution < -0.4 is 15.0 Å². The Bertz CT molecular complexity index is 1700. The largest absolute Gasteiger partial charge is 0.497 e. The van der Waals surface area contributed by atoms with Gasteiger partial charge in [-0.3, -0.25) is 9.59 Å². The third kappa shape index (κ3) is 6.55. The zero-order valence-corrected chi connectivity index (χ0v) is 24.5. The number of benzene rings is 4. The van der Waals surface area contributed by atoms with Gasteiger partial charge in [0.15, 0.2) is 0 Å². The average Bonchev–Trinajstić information content (AvgIpc) is 3.48. The van der Waals surface area contributed by atoms with E-state index in [1.165, 1.54) is 0 Å². The third-order valence-electron chi connectivity index (χ3n) is 7.72. The van der Waals surface area contributed by atoms with Crippen LogP contribution in [-0.4, -0.2) is 65.1 Å². The Kier molecular flexibility index (Phi) is 8.79. The van der Waals surface area contributed by atoms with Crippen LogP contribution in [0.25, 0.3) is 11.0 Å². The summed E-state index contributed by atoms with van der Waals surface area (Å²) < 4.78 is 12.4. The summed E-state index contributed by atoms with van der Waals surface area (Å²) in [4.78, 5) is 32.2. The molecule has 1 saturated heterocycles. The van der Waals surface area contributed by atoms with Crippen LogP contribution in [0, 0.1) is 0 Å². The van der Waals surface area contributed by atoms with Crippen molar-refractivity contribution in [3.63, 3.8) is 0 Å². The third-order valence-corrected chi connectivity index (χ3v) is 7.72. The van der Waals surface area contributed by atoms with E-state index in [4.69, 9.17) is 9.47 Å². The molecule has 0 bridgehead atoms. The molecule has 44 heavy (non-hydrogen) atoms. The predicted octanol–water partition coefficient (Wildman–Crippen LogP) is 4.69. The second kappa shape index (κ2) is 13.4. The number of fused-ring (bicyclic) bond motifs is 1. The topological polar surface area (TPSA) is 102 Å². The van der Waals surface area contributed by atoms with Crippen LogP contribution >= 0.6 is 0 Å². The molecule has 2 heterocycles. The van der Waals surface area contributed by atoms with Gasteiger partial charge >= 0.3 is 0 Å². The number of anilines is 2. The van der Waals surface area contributed by atoms with Gasteiger partial charge in [-0.15, -0.1) is 5.10 Å². The highest BCUT2D eigenvalue weighted by Gasteiger charge is 2.32. The lowest BCUT2D eigenvalue weighted by Gasteiger charge is -2.32. The lowest BCUT2D eigenvalue weighted by atomic mass is 10.0. The number of hydrogen-bond acceptors (Lipinski definition) is 7. The fourth-order valence-corrected chi connectivity index (χ4v) is 5.40. The monoisotopic (exact) mass is 590 g/mol. The van der Waals surface area contributed by atoms with E-state index in [-0.39, 0.29) is 24.9 Å². The van der Waals surface area contributed by atoms with Gasteiger partial charge in [-0.1, -0.05) is 59.8 Å². The highest BCUT2D eigenvalue weighted by molar-refractivity contribution is 5.98. The SMILES string of the molecule is COc1ccc(CN(C(=O)Cn2nnc3ccccc32)C(C(=O)Nc2ccc(N3CCOCC3)cc2)c2ccccc2)cc1. The first-order valence-corrected chi connectivity index (χ1v) is 14.6. The molecule has 0 radical (unpaired) electrons. The van der Waals surface area contributed by atoms with E-state index < -0.39 is 6.04 Å². The van der Waals surface area contributed by atoms with E-state index in [0.717, 1.165) is 29.9 Å². The molecule has 1 N–H and O–H groups in total. The summed E-state index contributed by atoms with van der Waals surface area (Å²) in [5, 5.41) is 11.5. The summed E-state index contributed by atoms with van der Waals surface area (Å²) >= 11 is 0. The molecule has 1 aliphatic rings. The Morgan fingerprint density at radius 3 is 2.34 bits per heavy atom. The Morgan fingerprint density at radius 2 is 1.61 bits per heavy atom. The minimum absolute atomic E-state index is 0.0818. The van der Waals surface area contributed by atoms with Crippen molar-refractivity contribution >= 4 is 34.2 Å². The molecule has 1 aliphatic heterocycles. The fraction of sp³-hybridized carbons (Fsp3) is 0.235. The van der Waals surface area contributed by atoms with Crippen LogP contribution in [0.4, 0.5) is 11.4 Å². The van der Waals surface area contributed by atoms with Crippen molar-refractivity contribution in [3.05, 3.63) is 114 Å². The van der Waals surface area contributed by atoms with E-state index in [2.05, 4.69) is 20.5 Å². The van der Waals surface area contributed by atoms with Gasteiger partial charge in [-0.05, 0) is 59.7 Å². The van der Waals surface area contributed by atoms with Crippen LogP contribution in [0.15, 0.2) is 103 Å². The summed E-state index contributed by atoms with van der Waals surface area (Å²) in [6.07, 6.45) is 0. The van der Waals surface area contributed by atoms with Crippen LogP contribution in [0.3, 0.4) is 0 Å². The molecule has 1 fully saturated rings. The highest BCUT2D eigenvalue weighted by Crippen LogP contribution is 2.28. The average molecular weight is 591 g/mol. The van der Waals surface area contributed by atoms with Crippen molar-refractivity contribution in [1.82, 2.24) is 19.9 Å². The van der Waals surface area contributed by atoms with Crippen molar-refractivity contribution in [3.8, 4) is 5.75 Å². The molecule has 224 valence electrons. The van der Waals surface area contributed by atoms with Gasteiger partial charge in [-0.2, -0.15) is 0 Å². The van der Waals surface area contributed by atoms with Crippen LogP contribution in [-0.2, 0) is 27.4 Å². The van der Waals surface area contributed by atoms with Crippen molar-refractivity contribution in [2.24, 2.45) is 0 Å². The predicted molar refractivity (Wildman–Crippen MR) is 168 cm³/mol. The van der Waals surface area contributed by atoms with Gasteiger partial charge in [-0.25, -0.2) is 4.68 Å². The van der Waals surface area contributed by atoms with Crippen molar-refractivity contribution in [1.29, 1.82) is 0 Å². The molecule has 10 heteroatoms. The number of carbonyl (C=O) groups excluding carboxylic acids is 2. The number of hydrogen-bond donors (Lipinski definition) is 1. The summed E-state index contributed by atoms with van der Waals surface area (Å²) in [6, 6.07) is 31.2. The maximum absolute atomic E-state index is 14.2. The number of ether oxygens (including phenoxy) is 2. The number of rotatable bonds is 10. The van der Waals surface area contributed by atoms with E-state index in [9.17, 15) is 9.59 Å². The quantitative estimate of drug-likeness (QED) is 0.252. The maximum Gasteiger partial charge on any atom is 0.251 e. The molecule has 5 aromatic rings. The number of morpholine rings is 1. The van der Waals surface area contributed by atoms with Crippen molar-refractivity contribution in [2.75, 3.05) is 43.6 Å².